The second-order valence-corrected chi connectivity index (χ2v) is 9.19. The molecule has 4 rings (SSSR count). The van der Waals surface area contributed by atoms with E-state index >= 15 is 0 Å². The molecule has 0 bridgehead atoms. The number of amides is 1. The van der Waals surface area contributed by atoms with Gasteiger partial charge in [0.1, 0.15) is 16.2 Å². The summed E-state index contributed by atoms with van der Waals surface area (Å²) in [4.78, 5) is 22.7. The number of carbonyl (C=O) groups excluding carboxylic acids is 1. The van der Waals surface area contributed by atoms with Crippen LogP contribution in [-0.4, -0.2) is 21.6 Å². The van der Waals surface area contributed by atoms with E-state index in [0.717, 1.165) is 44.9 Å². The van der Waals surface area contributed by atoms with E-state index < -0.39 is 0 Å². The minimum Gasteiger partial charge on any atom is -0.325 e. The molecule has 0 aliphatic carbocycles. The van der Waals surface area contributed by atoms with Crippen molar-refractivity contribution in [2.45, 2.75) is 38.6 Å². The van der Waals surface area contributed by atoms with E-state index in [1.807, 2.05) is 0 Å². The third kappa shape index (κ3) is 4.65. The Labute approximate surface area is 191 Å². The number of nitrogens with one attached hydrogen (secondary N) is 1. The van der Waals surface area contributed by atoms with Gasteiger partial charge in [-0.1, -0.05) is 73.6 Å². The molecule has 0 aliphatic rings. The van der Waals surface area contributed by atoms with Crippen LogP contribution < -0.4 is 5.32 Å². The van der Waals surface area contributed by atoms with Crippen LogP contribution in [0.3, 0.4) is 0 Å². The quantitative estimate of drug-likeness (QED) is 0.259. The van der Waals surface area contributed by atoms with E-state index in [0.29, 0.717) is 5.75 Å². The molecule has 0 radical (unpaired) electrons. The number of para-hydroxylation sites is 1. The first-order chi connectivity index (χ1) is 15.1. The zero-order valence-corrected chi connectivity index (χ0v) is 19.6. The highest BCUT2D eigenvalue weighted by molar-refractivity contribution is 8.00. The molecule has 2 heterocycles. The molecule has 0 saturated carbocycles. The molecule has 2 aromatic carbocycles. The first-order valence-corrected chi connectivity index (χ1v) is 12.3. The van der Waals surface area contributed by atoms with Crippen molar-refractivity contribution in [3.63, 3.8) is 0 Å². The molecule has 1 amide bonds. The van der Waals surface area contributed by atoms with Crippen LogP contribution in [0.5, 0.6) is 0 Å². The number of thiophene rings is 1. The minimum absolute atomic E-state index is 0.0144. The van der Waals surface area contributed by atoms with E-state index in [-0.39, 0.29) is 5.91 Å². The average Bonchev–Trinajstić information content (AvgIpc) is 3.23. The Bertz CT molecular complexity index is 1190. The standard InChI is InChI=1S/C25H25N3OS2/c1-4-17-7-6-8-18(5-2)23(17)28-21(29)14-31-25-22-20(13-30-24(22)26-15-27-25)19-11-9-16(3)10-12-19/h6-13,15H,4-5,14H2,1-3H3,(H,28,29). The number of aryl methyl sites for hydroxylation is 3. The van der Waals surface area contributed by atoms with Gasteiger partial charge < -0.3 is 5.32 Å². The second-order valence-electron chi connectivity index (χ2n) is 7.37. The average molecular weight is 448 g/mol. The molecule has 0 aliphatic heterocycles. The number of nitrogens with zero attached hydrogens (tertiary/aromatic N) is 2. The molecule has 31 heavy (non-hydrogen) atoms. The summed E-state index contributed by atoms with van der Waals surface area (Å²) in [6, 6.07) is 14.7. The van der Waals surface area contributed by atoms with Crippen LogP contribution in [0, 0.1) is 6.92 Å². The first-order valence-electron chi connectivity index (χ1n) is 10.4. The number of benzene rings is 2. The molecule has 1 N–H and O–H groups in total. The van der Waals surface area contributed by atoms with E-state index in [1.165, 1.54) is 28.5 Å². The maximum absolute atomic E-state index is 12.8. The monoisotopic (exact) mass is 447 g/mol. The summed E-state index contributed by atoms with van der Waals surface area (Å²) < 4.78 is 0. The second kappa shape index (κ2) is 9.62. The van der Waals surface area contributed by atoms with Gasteiger partial charge in [-0.2, -0.15) is 0 Å². The van der Waals surface area contributed by atoms with E-state index in [1.54, 1.807) is 17.7 Å². The maximum Gasteiger partial charge on any atom is 0.234 e. The summed E-state index contributed by atoms with van der Waals surface area (Å²) in [5, 5.41) is 7.14. The number of fused-ring (bicyclic) bond motifs is 1. The van der Waals surface area contributed by atoms with Gasteiger partial charge in [-0.25, -0.2) is 9.97 Å². The number of hydrogen-bond acceptors (Lipinski definition) is 5. The van der Waals surface area contributed by atoms with Crippen molar-refractivity contribution in [2.75, 3.05) is 11.1 Å². The molecule has 0 unspecified atom stereocenters. The highest BCUT2D eigenvalue weighted by Gasteiger charge is 2.16. The number of rotatable bonds is 7. The zero-order chi connectivity index (χ0) is 21.8. The van der Waals surface area contributed by atoms with Crippen molar-refractivity contribution in [1.29, 1.82) is 0 Å². The van der Waals surface area contributed by atoms with Crippen LogP contribution >= 0.6 is 23.1 Å². The van der Waals surface area contributed by atoms with Crippen LogP contribution in [-0.2, 0) is 17.6 Å². The molecule has 0 saturated heterocycles. The largest absolute Gasteiger partial charge is 0.325 e. The topological polar surface area (TPSA) is 54.9 Å². The van der Waals surface area contributed by atoms with Crippen molar-refractivity contribution >= 4 is 44.9 Å². The SMILES string of the molecule is CCc1cccc(CC)c1NC(=O)CSc1ncnc2scc(-c3ccc(C)cc3)c12. The van der Waals surface area contributed by atoms with Crippen molar-refractivity contribution in [3.8, 4) is 11.1 Å². The molecular weight excluding hydrogens is 422 g/mol. The zero-order valence-electron chi connectivity index (χ0n) is 17.9. The normalized spacial score (nSPS) is 11.1. The first kappa shape index (κ1) is 21.5. The highest BCUT2D eigenvalue weighted by Crippen LogP contribution is 2.38. The van der Waals surface area contributed by atoms with Gasteiger partial charge >= 0.3 is 0 Å². The van der Waals surface area contributed by atoms with Gasteiger partial charge in [-0.15, -0.1) is 11.3 Å². The van der Waals surface area contributed by atoms with Crippen LogP contribution in [0.25, 0.3) is 21.3 Å². The summed E-state index contributed by atoms with van der Waals surface area (Å²) in [6.45, 7) is 6.30. The lowest BCUT2D eigenvalue weighted by Gasteiger charge is -2.14. The van der Waals surface area contributed by atoms with Gasteiger partial charge in [-0.05, 0) is 36.5 Å². The Morgan fingerprint density at radius 2 is 1.74 bits per heavy atom. The fourth-order valence-corrected chi connectivity index (χ4v) is 5.41. The van der Waals surface area contributed by atoms with Gasteiger partial charge in [-0.3, -0.25) is 4.79 Å². The number of thioether (sulfide) groups is 1. The highest BCUT2D eigenvalue weighted by atomic mass is 32.2. The van der Waals surface area contributed by atoms with Gasteiger partial charge in [0.25, 0.3) is 0 Å². The van der Waals surface area contributed by atoms with Gasteiger partial charge in [0, 0.05) is 16.6 Å². The third-order valence-corrected chi connectivity index (χ3v) is 7.18. The Kier molecular flexibility index (Phi) is 6.68. The van der Waals surface area contributed by atoms with Crippen LogP contribution in [0.2, 0.25) is 0 Å². The summed E-state index contributed by atoms with van der Waals surface area (Å²) in [5.74, 6) is 0.288. The van der Waals surface area contributed by atoms with Gasteiger partial charge in [0.2, 0.25) is 5.91 Å². The van der Waals surface area contributed by atoms with Gasteiger partial charge in [0.15, 0.2) is 0 Å². The van der Waals surface area contributed by atoms with Crippen LogP contribution in [0.1, 0.15) is 30.5 Å². The fraction of sp³-hybridized carbons (Fsp3) is 0.240. The third-order valence-electron chi connectivity index (χ3n) is 5.30. The predicted molar refractivity (Wildman–Crippen MR) is 132 cm³/mol. The van der Waals surface area contributed by atoms with Crippen molar-refractivity contribution < 1.29 is 4.79 Å². The lowest BCUT2D eigenvalue weighted by atomic mass is 10.0. The minimum atomic E-state index is -0.0144. The summed E-state index contributed by atoms with van der Waals surface area (Å²) in [5.41, 5.74) is 6.78. The Balaban J connectivity index is 1.57. The molecule has 0 spiro atoms. The van der Waals surface area contributed by atoms with E-state index in [4.69, 9.17) is 0 Å². The lowest BCUT2D eigenvalue weighted by molar-refractivity contribution is -0.113. The molecule has 6 heteroatoms. The maximum atomic E-state index is 12.8. The molecule has 0 fully saturated rings. The number of hydrogen-bond donors (Lipinski definition) is 1. The van der Waals surface area contributed by atoms with Crippen molar-refractivity contribution in [1.82, 2.24) is 9.97 Å². The van der Waals surface area contributed by atoms with Gasteiger partial charge in [0.05, 0.1) is 11.1 Å². The number of anilines is 1. The van der Waals surface area contributed by atoms with Crippen LogP contribution in [0.4, 0.5) is 5.69 Å². The Hall–Kier alpha value is -2.70. The summed E-state index contributed by atoms with van der Waals surface area (Å²) >= 11 is 3.07. The molecule has 4 nitrogen and oxygen atoms in total. The lowest BCUT2D eigenvalue weighted by Crippen LogP contribution is -2.16. The fourth-order valence-electron chi connectivity index (χ4n) is 3.62. The number of aromatic nitrogens is 2. The molecule has 158 valence electrons. The van der Waals surface area contributed by atoms with E-state index in [2.05, 4.69) is 83.9 Å². The molecule has 0 atom stereocenters. The van der Waals surface area contributed by atoms with E-state index in [9.17, 15) is 4.79 Å². The van der Waals surface area contributed by atoms with Crippen molar-refractivity contribution in [2.24, 2.45) is 0 Å². The van der Waals surface area contributed by atoms with Crippen LogP contribution in [0.15, 0.2) is 59.2 Å². The molecule has 2 aromatic heterocycles. The van der Waals surface area contributed by atoms with Crippen molar-refractivity contribution in [3.05, 3.63) is 70.9 Å². The Morgan fingerprint density at radius 3 is 2.42 bits per heavy atom. The Morgan fingerprint density at radius 1 is 1.03 bits per heavy atom. The number of carbonyl (C=O) groups is 1. The molecule has 4 aromatic rings. The summed E-state index contributed by atoms with van der Waals surface area (Å²) in [6.07, 6.45) is 3.36. The predicted octanol–water partition coefficient (Wildman–Crippen LogP) is 6.52. The summed E-state index contributed by atoms with van der Waals surface area (Å²) in [7, 11) is 0. The smallest absolute Gasteiger partial charge is 0.234 e. The molecular formula is C25H25N3OS2.